The van der Waals surface area contributed by atoms with E-state index in [9.17, 15) is 0 Å². The quantitative estimate of drug-likeness (QED) is 0.163. The van der Waals surface area contributed by atoms with E-state index in [1.807, 2.05) is 30.3 Å². The highest BCUT2D eigenvalue weighted by Crippen LogP contribution is 2.38. The molecule has 2 aliphatic rings. The second-order valence-electron chi connectivity index (χ2n) is 13.7. The Hall–Kier alpha value is -6.98. The van der Waals surface area contributed by atoms with Crippen molar-refractivity contribution < 1.29 is 4.74 Å². The lowest BCUT2D eigenvalue weighted by atomic mass is 10.0. The SMILES string of the molecule is CC(C)=CCOc1ccc(-c2c3nc(c(-c4ccccc4)c4ccc([nH]4)c(-c4ccccc4)c4nc(c(-c5ccccc5)c5ccc2[nH]5)C=C4)C=C3)cc1. The molecule has 0 spiro atoms. The second-order valence-corrected chi connectivity index (χ2v) is 13.7. The predicted octanol–water partition coefficient (Wildman–Crippen LogP) is 12.7. The predicted molar refractivity (Wildman–Crippen MR) is 226 cm³/mol. The molecule has 3 aromatic heterocycles. The molecule has 2 aliphatic heterocycles. The van der Waals surface area contributed by atoms with Crippen LogP contribution >= 0.6 is 0 Å². The van der Waals surface area contributed by atoms with Crippen molar-refractivity contribution in [3.63, 3.8) is 0 Å². The van der Waals surface area contributed by atoms with Crippen molar-refractivity contribution in [3.8, 4) is 50.3 Å². The second kappa shape index (κ2) is 14.2. The first kappa shape index (κ1) is 32.9. The Kier molecular flexibility index (Phi) is 8.66. The topological polar surface area (TPSA) is 66.6 Å². The number of benzene rings is 4. The fourth-order valence-corrected chi connectivity index (χ4v) is 7.26. The zero-order chi connectivity index (χ0) is 36.4. The average molecular weight is 699 g/mol. The maximum absolute atomic E-state index is 6.04. The van der Waals surface area contributed by atoms with Gasteiger partial charge in [0.1, 0.15) is 12.4 Å². The maximum Gasteiger partial charge on any atom is 0.119 e. The number of rotatable bonds is 7. The minimum Gasteiger partial charge on any atom is -0.490 e. The van der Waals surface area contributed by atoms with Gasteiger partial charge in [0.15, 0.2) is 0 Å². The molecule has 0 saturated carbocycles. The van der Waals surface area contributed by atoms with Crippen LogP contribution in [0.25, 0.3) is 90.9 Å². The van der Waals surface area contributed by atoms with E-state index in [-0.39, 0.29) is 0 Å². The molecule has 0 saturated heterocycles. The van der Waals surface area contributed by atoms with Crippen molar-refractivity contribution in [2.24, 2.45) is 0 Å². The highest BCUT2D eigenvalue weighted by Gasteiger charge is 2.18. The van der Waals surface area contributed by atoms with Crippen molar-refractivity contribution in [1.82, 2.24) is 19.9 Å². The molecule has 4 aromatic carbocycles. The molecule has 0 unspecified atom stereocenters. The summed E-state index contributed by atoms with van der Waals surface area (Å²) in [5.41, 5.74) is 17.0. The molecule has 54 heavy (non-hydrogen) atoms. The molecular formula is C49H38N4O. The van der Waals surface area contributed by atoms with E-state index in [1.165, 1.54) is 5.57 Å². The summed E-state index contributed by atoms with van der Waals surface area (Å²) in [6.45, 7) is 4.69. The number of fused-ring (bicyclic) bond motifs is 8. The van der Waals surface area contributed by atoms with Gasteiger partial charge in [0, 0.05) is 44.3 Å². The van der Waals surface area contributed by atoms with Crippen molar-refractivity contribution in [1.29, 1.82) is 0 Å². The molecular weight excluding hydrogens is 661 g/mol. The highest BCUT2D eigenvalue weighted by atomic mass is 16.5. The fourth-order valence-electron chi connectivity index (χ4n) is 7.26. The Labute approximate surface area is 314 Å². The largest absolute Gasteiger partial charge is 0.490 e. The number of aromatic amines is 2. The Morgan fingerprint density at radius 1 is 0.444 bits per heavy atom. The molecule has 2 N–H and O–H groups in total. The van der Waals surface area contributed by atoms with Crippen LogP contribution in [0.2, 0.25) is 0 Å². The monoisotopic (exact) mass is 698 g/mol. The fraction of sp³-hybridized carbons (Fsp3) is 0.0612. The van der Waals surface area contributed by atoms with Gasteiger partial charge in [-0.2, -0.15) is 0 Å². The smallest absolute Gasteiger partial charge is 0.119 e. The van der Waals surface area contributed by atoms with Gasteiger partial charge in [0.05, 0.1) is 22.8 Å². The highest BCUT2D eigenvalue weighted by molar-refractivity contribution is 5.99. The van der Waals surface area contributed by atoms with E-state index in [0.29, 0.717) is 6.61 Å². The minimum absolute atomic E-state index is 0.532. The Morgan fingerprint density at radius 2 is 0.778 bits per heavy atom. The Morgan fingerprint density at radius 3 is 1.11 bits per heavy atom. The van der Waals surface area contributed by atoms with Gasteiger partial charge in [-0.15, -0.1) is 0 Å². The number of hydrogen-bond donors (Lipinski definition) is 2. The van der Waals surface area contributed by atoms with Gasteiger partial charge in [0.2, 0.25) is 0 Å². The molecule has 0 amide bonds. The van der Waals surface area contributed by atoms with Crippen molar-refractivity contribution in [3.05, 3.63) is 174 Å². The summed E-state index contributed by atoms with van der Waals surface area (Å²) in [5, 5.41) is 0. The van der Waals surface area contributed by atoms with E-state index >= 15 is 0 Å². The van der Waals surface area contributed by atoms with E-state index in [4.69, 9.17) is 14.7 Å². The first-order valence-electron chi connectivity index (χ1n) is 18.3. The molecule has 5 heteroatoms. The Balaban J connectivity index is 1.39. The van der Waals surface area contributed by atoms with Crippen LogP contribution in [-0.2, 0) is 0 Å². The summed E-state index contributed by atoms with van der Waals surface area (Å²) in [6, 6.07) is 48.4. The van der Waals surface area contributed by atoms with Gasteiger partial charge >= 0.3 is 0 Å². The zero-order valence-electron chi connectivity index (χ0n) is 30.2. The Bertz CT molecular complexity index is 2710. The molecule has 8 bridgehead atoms. The molecule has 0 aliphatic carbocycles. The summed E-state index contributed by atoms with van der Waals surface area (Å²) in [7, 11) is 0. The first-order chi connectivity index (χ1) is 26.6. The zero-order valence-corrected chi connectivity index (χ0v) is 30.2. The third-order valence-electron chi connectivity index (χ3n) is 9.83. The van der Waals surface area contributed by atoms with E-state index in [2.05, 4.69) is 163 Å². The van der Waals surface area contributed by atoms with Crippen molar-refractivity contribution >= 4 is 46.4 Å². The summed E-state index contributed by atoms with van der Waals surface area (Å²) in [4.78, 5) is 18.4. The normalized spacial score (nSPS) is 11.8. The van der Waals surface area contributed by atoms with E-state index in [1.54, 1.807) is 0 Å². The van der Waals surface area contributed by atoms with E-state index < -0.39 is 0 Å². The lowest BCUT2D eigenvalue weighted by molar-refractivity contribution is 0.362. The van der Waals surface area contributed by atoms with Crippen molar-refractivity contribution in [2.45, 2.75) is 13.8 Å². The molecule has 260 valence electrons. The van der Waals surface area contributed by atoms with Gasteiger partial charge < -0.3 is 14.7 Å². The van der Waals surface area contributed by atoms with Crippen LogP contribution in [0.5, 0.6) is 5.75 Å². The first-order valence-corrected chi connectivity index (χ1v) is 18.3. The minimum atomic E-state index is 0.532. The molecule has 0 radical (unpaired) electrons. The van der Waals surface area contributed by atoms with Crippen LogP contribution in [-0.4, -0.2) is 26.5 Å². The number of nitrogens with zero attached hydrogens (tertiary/aromatic N) is 2. The molecule has 0 fully saturated rings. The lowest BCUT2D eigenvalue weighted by Crippen LogP contribution is -1.94. The molecule has 9 rings (SSSR count). The number of nitrogens with one attached hydrogen (secondary N) is 2. The van der Waals surface area contributed by atoms with Crippen LogP contribution in [0.1, 0.15) is 36.6 Å². The molecule has 5 nitrogen and oxygen atoms in total. The number of aromatic nitrogens is 4. The van der Waals surface area contributed by atoms with Crippen LogP contribution in [0.4, 0.5) is 0 Å². The van der Waals surface area contributed by atoms with Gasteiger partial charge in [0.25, 0.3) is 0 Å². The van der Waals surface area contributed by atoms with Crippen LogP contribution < -0.4 is 4.74 Å². The van der Waals surface area contributed by atoms with E-state index in [0.717, 1.165) is 95.1 Å². The third-order valence-corrected chi connectivity index (χ3v) is 9.83. The number of allylic oxidation sites excluding steroid dienone is 1. The third kappa shape index (κ3) is 6.37. The number of ether oxygens (including phenoxy) is 1. The molecule has 7 aromatic rings. The number of hydrogen-bond acceptors (Lipinski definition) is 3. The lowest BCUT2D eigenvalue weighted by Gasteiger charge is -2.08. The summed E-state index contributed by atoms with van der Waals surface area (Å²) >= 11 is 0. The number of H-pyrrole nitrogens is 2. The van der Waals surface area contributed by atoms with Crippen LogP contribution in [0.15, 0.2) is 151 Å². The average Bonchev–Trinajstić information content (AvgIpc) is 4.05. The van der Waals surface area contributed by atoms with Gasteiger partial charge in [-0.05, 0) is 103 Å². The van der Waals surface area contributed by atoms with Gasteiger partial charge in [-0.25, -0.2) is 9.97 Å². The standard InChI is InChI=1S/C49H38N4O/c1-32(2)30-31-54-37-20-18-36(19-21-37)49-44-28-26-42(52-44)47(34-14-8-4-9-15-34)40-24-22-38(50-40)46(33-12-6-3-7-13-33)39-23-25-41(51-39)48(35-16-10-5-11-17-35)43-27-29-45(49)53-43/h3-30,50,53H,31H2,1-2H3. The molecule has 0 atom stereocenters. The summed E-state index contributed by atoms with van der Waals surface area (Å²) in [5.74, 6) is 0.820. The van der Waals surface area contributed by atoms with Gasteiger partial charge in [-0.3, -0.25) is 0 Å². The van der Waals surface area contributed by atoms with Crippen molar-refractivity contribution in [2.75, 3.05) is 6.61 Å². The van der Waals surface area contributed by atoms with Crippen LogP contribution in [0.3, 0.4) is 0 Å². The van der Waals surface area contributed by atoms with Crippen LogP contribution in [0, 0.1) is 0 Å². The maximum atomic E-state index is 6.04. The summed E-state index contributed by atoms with van der Waals surface area (Å²) in [6.07, 6.45) is 10.6. The van der Waals surface area contributed by atoms with Gasteiger partial charge in [-0.1, -0.05) is 109 Å². The summed E-state index contributed by atoms with van der Waals surface area (Å²) < 4.78 is 6.04. The molecule has 5 heterocycles.